The van der Waals surface area contributed by atoms with Gasteiger partial charge in [0, 0.05) is 42.7 Å². The number of hydrogen-bond donors (Lipinski definition) is 0. The molecule has 0 spiro atoms. The van der Waals surface area contributed by atoms with Gasteiger partial charge in [0.05, 0.1) is 0 Å². The molecule has 4 nitrogen and oxygen atoms in total. The molecule has 0 saturated heterocycles. The van der Waals surface area contributed by atoms with Gasteiger partial charge >= 0.3 is 0 Å². The van der Waals surface area contributed by atoms with E-state index in [4.69, 9.17) is 0 Å². The Kier molecular flexibility index (Phi) is 4.10. The van der Waals surface area contributed by atoms with Crippen LogP contribution < -0.4 is 0 Å². The molecule has 1 fully saturated rings. The summed E-state index contributed by atoms with van der Waals surface area (Å²) in [6.45, 7) is 0.705. The molecule has 0 radical (unpaired) electrons. The maximum absolute atomic E-state index is 12.6. The Bertz CT molecular complexity index is 634. The van der Waals surface area contributed by atoms with Crippen molar-refractivity contribution in [1.29, 1.82) is 0 Å². The number of amides is 1. The lowest BCUT2D eigenvalue weighted by Gasteiger charge is -2.18. The summed E-state index contributed by atoms with van der Waals surface area (Å²) < 4.78 is 3.08. The molecule has 0 unspecified atom stereocenters. The molecule has 1 aliphatic rings. The van der Waals surface area contributed by atoms with Crippen molar-refractivity contribution in [2.75, 3.05) is 13.6 Å². The molecule has 1 aliphatic carbocycles. The minimum Gasteiger partial charge on any atom is -0.340 e. The monoisotopic (exact) mass is 347 g/mol. The van der Waals surface area contributed by atoms with Gasteiger partial charge in [-0.1, -0.05) is 0 Å². The number of likely N-dealkylation sites (N-methyl/N-ethyl adjacent to an activating group) is 1. The summed E-state index contributed by atoms with van der Waals surface area (Å²) in [5.74, 6) is 0.0849. The second-order valence-corrected chi connectivity index (χ2v) is 6.43. The molecular formula is C16H18BrN3O. The zero-order chi connectivity index (χ0) is 14.8. The third-order valence-corrected chi connectivity index (χ3v) is 4.24. The van der Waals surface area contributed by atoms with Crippen LogP contribution in [-0.2, 0) is 6.42 Å². The van der Waals surface area contributed by atoms with Crippen LogP contribution in [0.4, 0.5) is 0 Å². The van der Waals surface area contributed by atoms with Crippen LogP contribution in [0.1, 0.15) is 34.9 Å². The van der Waals surface area contributed by atoms with E-state index in [1.165, 1.54) is 18.4 Å². The highest BCUT2D eigenvalue weighted by Gasteiger charge is 2.28. The minimum absolute atomic E-state index is 0.0849. The summed E-state index contributed by atoms with van der Waals surface area (Å²) >= 11 is 3.47. The van der Waals surface area contributed by atoms with Gasteiger partial charge in [-0.15, -0.1) is 0 Å². The molecule has 1 amide bonds. The largest absolute Gasteiger partial charge is 0.340 e. The van der Waals surface area contributed by atoms with Gasteiger partial charge < -0.3 is 9.47 Å². The van der Waals surface area contributed by atoms with Crippen LogP contribution in [0.5, 0.6) is 0 Å². The van der Waals surface area contributed by atoms with Crippen molar-refractivity contribution < 1.29 is 4.79 Å². The number of rotatable bonds is 5. The van der Waals surface area contributed by atoms with E-state index >= 15 is 0 Å². The van der Waals surface area contributed by atoms with Crippen LogP contribution in [0.15, 0.2) is 41.3 Å². The Hall–Kier alpha value is -1.62. The average molecular weight is 348 g/mol. The highest BCUT2D eigenvalue weighted by molar-refractivity contribution is 9.10. The molecule has 2 aromatic rings. The fourth-order valence-electron chi connectivity index (χ4n) is 2.42. The number of halogens is 1. The Labute approximate surface area is 132 Å². The maximum atomic E-state index is 12.6. The average Bonchev–Trinajstić information content (AvgIpc) is 3.27. The van der Waals surface area contributed by atoms with Crippen molar-refractivity contribution >= 4 is 21.8 Å². The van der Waals surface area contributed by atoms with E-state index in [2.05, 4.69) is 25.5 Å². The van der Waals surface area contributed by atoms with Crippen LogP contribution in [0.3, 0.4) is 0 Å². The summed E-state index contributed by atoms with van der Waals surface area (Å²) in [7, 11) is 1.86. The van der Waals surface area contributed by atoms with Crippen LogP contribution >= 0.6 is 15.9 Å². The van der Waals surface area contributed by atoms with Gasteiger partial charge in [-0.2, -0.15) is 0 Å². The molecule has 0 aliphatic heterocycles. The van der Waals surface area contributed by atoms with Gasteiger partial charge in [-0.3, -0.25) is 9.78 Å². The van der Waals surface area contributed by atoms with Crippen molar-refractivity contribution in [3.8, 4) is 0 Å². The Morgan fingerprint density at radius 2 is 2.14 bits per heavy atom. The fourth-order valence-corrected chi connectivity index (χ4v) is 2.85. The van der Waals surface area contributed by atoms with Gasteiger partial charge in [0.1, 0.15) is 5.69 Å². The summed E-state index contributed by atoms with van der Waals surface area (Å²) in [6.07, 6.45) is 8.76. The zero-order valence-corrected chi connectivity index (χ0v) is 13.6. The SMILES string of the molecule is CN(CCc1ccncc1)C(=O)c1cc(Br)cn1C1CC1. The lowest BCUT2D eigenvalue weighted by molar-refractivity contribution is 0.0785. The van der Waals surface area contributed by atoms with E-state index in [1.54, 1.807) is 17.3 Å². The summed E-state index contributed by atoms with van der Waals surface area (Å²) in [5, 5.41) is 0. The lowest BCUT2D eigenvalue weighted by Crippen LogP contribution is -2.30. The molecule has 0 aromatic carbocycles. The number of nitrogens with zero attached hydrogens (tertiary/aromatic N) is 3. The first-order chi connectivity index (χ1) is 10.1. The molecule has 2 aromatic heterocycles. The summed E-state index contributed by atoms with van der Waals surface area (Å²) in [4.78, 5) is 18.4. The van der Waals surface area contributed by atoms with Crippen LogP contribution in [-0.4, -0.2) is 34.0 Å². The van der Waals surface area contributed by atoms with Gasteiger partial charge in [-0.05, 0) is 59.0 Å². The molecule has 110 valence electrons. The standard InChI is InChI=1S/C16H18BrN3O/c1-19(9-6-12-4-7-18-8-5-12)16(21)15-10-13(17)11-20(15)14-2-3-14/h4-5,7-8,10-11,14H,2-3,6,9H2,1H3. The van der Waals surface area contributed by atoms with Gasteiger partial charge in [0.2, 0.25) is 0 Å². The van der Waals surface area contributed by atoms with E-state index < -0.39 is 0 Å². The first kappa shape index (κ1) is 14.3. The molecule has 2 heterocycles. The predicted molar refractivity (Wildman–Crippen MR) is 85.3 cm³/mol. The number of hydrogen-bond acceptors (Lipinski definition) is 2. The Morgan fingerprint density at radius 1 is 1.43 bits per heavy atom. The second-order valence-electron chi connectivity index (χ2n) is 5.51. The smallest absolute Gasteiger partial charge is 0.270 e. The van der Waals surface area contributed by atoms with Crippen molar-refractivity contribution in [2.45, 2.75) is 25.3 Å². The predicted octanol–water partition coefficient (Wildman–Crippen LogP) is 3.30. The molecule has 1 saturated carbocycles. The summed E-state index contributed by atoms with van der Waals surface area (Å²) in [5.41, 5.74) is 1.98. The highest BCUT2D eigenvalue weighted by Crippen LogP contribution is 2.37. The van der Waals surface area contributed by atoms with E-state index in [-0.39, 0.29) is 5.91 Å². The van der Waals surface area contributed by atoms with Gasteiger partial charge in [-0.25, -0.2) is 0 Å². The minimum atomic E-state index is 0.0849. The van der Waals surface area contributed by atoms with Crippen molar-refractivity contribution in [3.63, 3.8) is 0 Å². The molecule has 0 N–H and O–H groups in total. The molecule has 3 rings (SSSR count). The molecule has 5 heteroatoms. The third-order valence-electron chi connectivity index (χ3n) is 3.81. The van der Waals surface area contributed by atoms with Crippen LogP contribution in [0.25, 0.3) is 0 Å². The van der Waals surface area contributed by atoms with Crippen molar-refractivity contribution in [1.82, 2.24) is 14.5 Å². The molecular weight excluding hydrogens is 330 g/mol. The van der Waals surface area contributed by atoms with Gasteiger partial charge in [0.25, 0.3) is 5.91 Å². The van der Waals surface area contributed by atoms with E-state index in [0.29, 0.717) is 12.6 Å². The highest BCUT2D eigenvalue weighted by atomic mass is 79.9. The van der Waals surface area contributed by atoms with Crippen molar-refractivity contribution in [2.24, 2.45) is 0 Å². The first-order valence-corrected chi connectivity index (χ1v) is 7.96. The van der Waals surface area contributed by atoms with Crippen LogP contribution in [0.2, 0.25) is 0 Å². The lowest BCUT2D eigenvalue weighted by atomic mass is 10.2. The second kappa shape index (κ2) is 6.02. The topological polar surface area (TPSA) is 38.1 Å². The Morgan fingerprint density at radius 3 is 2.81 bits per heavy atom. The Balaban J connectivity index is 1.67. The molecule has 0 atom stereocenters. The zero-order valence-electron chi connectivity index (χ0n) is 12.0. The summed E-state index contributed by atoms with van der Waals surface area (Å²) in [6, 6.07) is 6.40. The number of carbonyl (C=O) groups is 1. The first-order valence-electron chi connectivity index (χ1n) is 7.17. The maximum Gasteiger partial charge on any atom is 0.270 e. The molecule has 0 bridgehead atoms. The van der Waals surface area contributed by atoms with Crippen LogP contribution in [0, 0.1) is 0 Å². The van der Waals surface area contributed by atoms with Crippen molar-refractivity contribution in [3.05, 3.63) is 52.5 Å². The number of carbonyl (C=O) groups excluding carboxylic acids is 1. The van der Waals surface area contributed by atoms with E-state index in [9.17, 15) is 4.79 Å². The number of pyridine rings is 1. The number of aromatic nitrogens is 2. The normalized spacial score (nSPS) is 14.2. The van der Waals surface area contributed by atoms with E-state index in [1.807, 2.05) is 31.4 Å². The quantitative estimate of drug-likeness (QED) is 0.832. The van der Waals surface area contributed by atoms with Gasteiger partial charge in [0.15, 0.2) is 0 Å². The third kappa shape index (κ3) is 3.35. The molecule has 21 heavy (non-hydrogen) atoms. The van der Waals surface area contributed by atoms with E-state index in [0.717, 1.165) is 16.6 Å². The fraction of sp³-hybridized carbons (Fsp3) is 0.375.